The van der Waals surface area contributed by atoms with Crippen LogP contribution in [0.15, 0.2) is 31.3 Å². The van der Waals surface area contributed by atoms with Gasteiger partial charge in [-0.15, -0.1) is 23.1 Å². The Labute approximate surface area is 225 Å². The Bertz CT molecular complexity index is 1230. The average Bonchev–Trinajstić information content (AvgIpc) is 3.50. The number of amides is 2. The van der Waals surface area contributed by atoms with Gasteiger partial charge in [-0.05, 0) is 17.1 Å². The highest BCUT2D eigenvalue weighted by Gasteiger charge is 2.54. The second-order valence-corrected chi connectivity index (χ2v) is 12.1. The molecule has 13 nitrogen and oxygen atoms in total. The third kappa shape index (κ3) is 5.62. The predicted molar refractivity (Wildman–Crippen MR) is 140 cm³/mol. The van der Waals surface area contributed by atoms with Crippen molar-refractivity contribution >= 4 is 86.8 Å². The molecule has 0 bridgehead atoms. The van der Waals surface area contributed by atoms with E-state index in [9.17, 15) is 19.5 Å². The van der Waals surface area contributed by atoms with Gasteiger partial charge < -0.3 is 26.7 Å². The molecular weight excluding hydrogens is 569 g/mol. The fourth-order valence-electron chi connectivity index (χ4n) is 3.31. The van der Waals surface area contributed by atoms with E-state index >= 15 is 0 Å². The number of anilines is 1. The predicted octanol–water partition coefficient (Wildman–Crippen LogP) is 0.509. The summed E-state index contributed by atoms with van der Waals surface area (Å²) in [6.07, 6.45) is 0. The maximum absolute atomic E-state index is 12.9. The van der Waals surface area contributed by atoms with Crippen LogP contribution in [0.4, 0.5) is 5.13 Å². The Morgan fingerprint density at radius 1 is 1.39 bits per heavy atom. The highest BCUT2D eigenvalue weighted by atomic mass is 32.2. The smallest absolute Gasteiger partial charge is 0.352 e. The third-order valence-electron chi connectivity index (χ3n) is 4.81. The molecule has 1 saturated heterocycles. The van der Waals surface area contributed by atoms with E-state index in [1.807, 2.05) is 0 Å². The summed E-state index contributed by atoms with van der Waals surface area (Å²) in [5, 5.41) is 18.1. The Hall–Kier alpha value is -2.38. The van der Waals surface area contributed by atoms with Gasteiger partial charge >= 0.3 is 5.97 Å². The Balaban J connectivity index is 1.44. The van der Waals surface area contributed by atoms with Gasteiger partial charge in [-0.2, -0.15) is 4.37 Å². The van der Waals surface area contributed by atoms with Crippen molar-refractivity contribution in [1.29, 1.82) is 0 Å². The number of carbonyl (C=O) groups is 3. The number of fused-ring (bicyclic) bond motifs is 1. The average molecular weight is 589 g/mol. The van der Waals surface area contributed by atoms with Gasteiger partial charge in [0.25, 0.3) is 11.8 Å². The summed E-state index contributed by atoms with van der Waals surface area (Å²) < 4.78 is 4.96. The van der Waals surface area contributed by atoms with Crippen LogP contribution in [0.1, 0.15) is 5.69 Å². The molecule has 1 unspecified atom stereocenters. The van der Waals surface area contributed by atoms with E-state index in [-0.39, 0.29) is 22.2 Å². The molecule has 6 N–H and O–H groups in total. The first kappa shape index (κ1) is 26.7. The summed E-state index contributed by atoms with van der Waals surface area (Å²) in [5.41, 5.74) is 11.7. The van der Waals surface area contributed by atoms with E-state index in [1.54, 1.807) is 5.38 Å². The zero-order valence-electron chi connectivity index (χ0n) is 18.6. The molecule has 1 fully saturated rings. The topological polar surface area (TPSA) is 199 Å². The first-order valence-electron chi connectivity index (χ1n) is 10.2. The van der Waals surface area contributed by atoms with Crippen molar-refractivity contribution in [1.82, 2.24) is 24.6 Å². The summed E-state index contributed by atoms with van der Waals surface area (Å²) in [6, 6.07) is -0.922. The van der Waals surface area contributed by atoms with Crippen LogP contribution in [-0.2, 0) is 19.2 Å². The lowest BCUT2D eigenvalue weighted by Gasteiger charge is -2.49. The summed E-state index contributed by atoms with van der Waals surface area (Å²) in [7, 11) is 1.28. The van der Waals surface area contributed by atoms with Gasteiger partial charge in [0.15, 0.2) is 15.2 Å². The number of aliphatic carboxylic acids is 1. The number of nitrogens with one attached hydrogen (secondary N) is 1. The molecule has 0 aromatic carbocycles. The molecular formula is C18H20N8O5S5. The minimum atomic E-state index is -1.20. The van der Waals surface area contributed by atoms with Crippen LogP contribution in [0, 0.1) is 0 Å². The summed E-state index contributed by atoms with van der Waals surface area (Å²) >= 11 is 6.55. The number of carbonyl (C=O) groups excluding carboxylic acids is 2. The minimum absolute atomic E-state index is 0.0675. The summed E-state index contributed by atoms with van der Waals surface area (Å²) in [5.74, 6) is -0.976. The van der Waals surface area contributed by atoms with Crippen molar-refractivity contribution in [3.8, 4) is 0 Å². The van der Waals surface area contributed by atoms with Crippen molar-refractivity contribution in [2.45, 2.75) is 20.9 Å². The molecule has 0 aliphatic carbocycles. The quantitative estimate of drug-likeness (QED) is 0.123. The standard InChI is InChI=1S/C18H20N8O5S5/c1-31-24-9(8-6-34-16(20)21-8)12(27)22-10-13(28)26-11(15(29)30)7(4-33-14(10)26)5-35-18-23-17(25-36-18)32-3-2-19/h6,10,14H,2-5,19H2,1H3,(H2,20,21)(H,22,27)(H,29,30)/b24-9-/t10?,14-/m1/s1. The van der Waals surface area contributed by atoms with Crippen molar-refractivity contribution in [3.63, 3.8) is 0 Å². The molecule has 2 aromatic heterocycles. The van der Waals surface area contributed by atoms with Gasteiger partial charge in [-0.1, -0.05) is 28.7 Å². The van der Waals surface area contributed by atoms with Crippen LogP contribution in [-0.4, -0.2) is 90.2 Å². The van der Waals surface area contributed by atoms with E-state index in [0.29, 0.717) is 38.9 Å². The van der Waals surface area contributed by atoms with Crippen LogP contribution < -0.4 is 16.8 Å². The monoisotopic (exact) mass is 588 g/mol. The molecule has 192 valence electrons. The Morgan fingerprint density at radius 2 is 2.19 bits per heavy atom. The van der Waals surface area contributed by atoms with Crippen LogP contribution in [0.3, 0.4) is 0 Å². The van der Waals surface area contributed by atoms with Crippen molar-refractivity contribution < 1.29 is 24.3 Å². The molecule has 2 amide bonds. The molecule has 36 heavy (non-hydrogen) atoms. The molecule has 0 radical (unpaired) electrons. The zero-order valence-corrected chi connectivity index (χ0v) is 22.7. The minimum Gasteiger partial charge on any atom is -0.477 e. The van der Waals surface area contributed by atoms with Gasteiger partial charge in [-0.25, -0.2) is 14.8 Å². The molecule has 2 atom stereocenters. The van der Waals surface area contributed by atoms with Gasteiger partial charge in [0.05, 0.1) is 0 Å². The number of nitrogens with zero attached hydrogens (tertiary/aromatic N) is 5. The summed E-state index contributed by atoms with van der Waals surface area (Å²) in [4.78, 5) is 52.3. The molecule has 18 heteroatoms. The van der Waals surface area contributed by atoms with Crippen molar-refractivity contribution in [3.05, 3.63) is 22.3 Å². The van der Waals surface area contributed by atoms with E-state index in [0.717, 1.165) is 11.3 Å². The highest BCUT2D eigenvalue weighted by Crippen LogP contribution is 2.41. The van der Waals surface area contributed by atoms with Crippen LogP contribution >= 0.6 is 58.2 Å². The van der Waals surface area contributed by atoms with Crippen molar-refractivity contribution in [2.24, 2.45) is 10.9 Å². The summed E-state index contributed by atoms with van der Waals surface area (Å²) in [6.45, 7) is 0.519. The normalized spacial score (nSPS) is 19.7. The first-order chi connectivity index (χ1) is 17.3. The number of nitrogens with two attached hydrogens (primary N) is 2. The number of carboxylic acid groups (broad SMARTS) is 1. The largest absolute Gasteiger partial charge is 0.477 e. The second kappa shape index (κ2) is 11.8. The number of carboxylic acids is 1. The highest BCUT2D eigenvalue weighted by molar-refractivity contribution is 8.02. The Kier molecular flexibility index (Phi) is 8.73. The number of hydrogen-bond acceptors (Lipinski definition) is 15. The maximum atomic E-state index is 12.9. The first-order valence-corrected chi connectivity index (χ1v) is 14.8. The number of β-lactam (4-membered cyclic amide) rings is 1. The van der Waals surface area contributed by atoms with Crippen LogP contribution in [0.25, 0.3) is 0 Å². The molecule has 0 saturated carbocycles. The third-order valence-corrected chi connectivity index (χ3v) is 9.74. The number of thioether (sulfide) groups is 3. The number of nitrogen functional groups attached to an aromatic ring is 1. The molecule has 2 aliphatic rings. The lowest BCUT2D eigenvalue weighted by atomic mass is 10.0. The number of rotatable bonds is 11. The fourth-order valence-corrected chi connectivity index (χ4v) is 7.74. The van der Waals surface area contributed by atoms with Crippen molar-refractivity contribution in [2.75, 3.05) is 36.6 Å². The number of oxime groups is 1. The van der Waals surface area contributed by atoms with Gasteiger partial charge in [0.1, 0.15) is 29.9 Å². The fraction of sp³-hybridized carbons (Fsp3) is 0.389. The molecule has 4 heterocycles. The van der Waals surface area contributed by atoms with Gasteiger partial charge in [0, 0.05) is 29.2 Å². The van der Waals surface area contributed by atoms with E-state index in [2.05, 4.69) is 24.8 Å². The molecule has 2 aliphatic heterocycles. The van der Waals surface area contributed by atoms with Crippen LogP contribution in [0.2, 0.25) is 0 Å². The molecule has 2 aromatic rings. The zero-order chi connectivity index (χ0) is 25.8. The van der Waals surface area contributed by atoms with Gasteiger partial charge in [0.2, 0.25) is 5.16 Å². The van der Waals surface area contributed by atoms with E-state index < -0.39 is 29.2 Å². The van der Waals surface area contributed by atoms with Gasteiger partial charge in [-0.3, -0.25) is 14.5 Å². The number of aromatic nitrogens is 3. The molecule has 0 spiro atoms. The molecule has 4 rings (SSSR count). The number of hydrogen-bond donors (Lipinski definition) is 4. The SMILES string of the molecule is CO/N=C(\C(=O)NC1C(=O)N2C(C(=O)O)=C(CSc3nc(SCCN)ns3)CS[C@H]12)c1csc(N)n1. The Morgan fingerprint density at radius 3 is 2.86 bits per heavy atom. The van der Waals surface area contributed by atoms with Crippen LogP contribution in [0.5, 0.6) is 0 Å². The maximum Gasteiger partial charge on any atom is 0.352 e. The second-order valence-electron chi connectivity index (χ2n) is 7.08. The van der Waals surface area contributed by atoms with E-state index in [1.165, 1.54) is 58.8 Å². The number of thiazole rings is 1. The lowest BCUT2D eigenvalue weighted by molar-refractivity contribution is -0.150. The lowest BCUT2D eigenvalue weighted by Crippen LogP contribution is -2.71. The van der Waals surface area contributed by atoms with E-state index in [4.69, 9.17) is 16.3 Å².